The first-order valence-corrected chi connectivity index (χ1v) is 5.75. The van der Waals surface area contributed by atoms with Crippen LogP contribution >= 0.6 is 0 Å². The fourth-order valence-corrected chi connectivity index (χ4v) is 2.21. The van der Waals surface area contributed by atoms with Gasteiger partial charge in [-0.1, -0.05) is 0 Å². The van der Waals surface area contributed by atoms with Crippen LogP contribution in [0.25, 0.3) is 0 Å². The largest absolute Gasteiger partial charge is 0.428 e. The van der Waals surface area contributed by atoms with Crippen molar-refractivity contribution in [2.75, 3.05) is 13.1 Å². The van der Waals surface area contributed by atoms with Gasteiger partial charge < -0.3 is 9.32 Å². The van der Waals surface area contributed by atoms with Crippen molar-refractivity contribution in [2.24, 2.45) is 5.92 Å². The van der Waals surface area contributed by atoms with Gasteiger partial charge in [0, 0.05) is 12.5 Å². The molecule has 2 rings (SSSR count). The van der Waals surface area contributed by atoms with Crippen molar-refractivity contribution in [3.63, 3.8) is 0 Å². The van der Waals surface area contributed by atoms with Gasteiger partial charge in [-0.05, 0) is 45.7 Å². The summed E-state index contributed by atoms with van der Waals surface area (Å²) in [5.41, 5.74) is 0. The molecule has 1 fully saturated rings. The van der Waals surface area contributed by atoms with Crippen LogP contribution < -0.4 is 0 Å². The Kier molecular flexibility index (Phi) is 3.36. The molecule has 84 valence electrons. The van der Waals surface area contributed by atoms with Gasteiger partial charge in [-0.3, -0.25) is 0 Å². The Morgan fingerprint density at radius 2 is 2.20 bits per heavy atom. The van der Waals surface area contributed by atoms with Crippen molar-refractivity contribution in [3.05, 3.63) is 12.3 Å². The van der Waals surface area contributed by atoms with Gasteiger partial charge in [0.15, 0.2) is 0 Å². The number of aromatic nitrogens is 2. The summed E-state index contributed by atoms with van der Waals surface area (Å²) in [5.74, 6) is 1.51. The second kappa shape index (κ2) is 4.75. The number of piperidine rings is 1. The number of nitrogens with zero attached hydrogens (tertiary/aromatic N) is 3. The van der Waals surface area contributed by atoms with Gasteiger partial charge >= 0.3 is 0 Å². The fraction of sp³-hybridized carbons (Fsp3) is 0.818. The summed E-state index contributed by atoms with van der Waals surface area (Å²) in [7, 11) is 0. The molecule has 1 saturated heterocycles. The van der Waals surface area contributed by atoms with Crippen molar-refractivity contribution >= 4 is 0 Å². The molecule has 4 heteroatoms. The van der Waals surface area contributed by atoms with Crippen molar-refractivity contribution < 1.29 is 4.42 Å². The zero-order chi connectivity index (χ0) is 10.7. The van der Waals surface area contributed by atoms with E-state index in [1.165, 1.54) is 32.3 Å². The van der Waals surface area contributed by atoms with Crippen LogP contribution in [0.15, 0.2) is 10.8 Å². The van der Waals surface area contributed by atoms with Crippen LogP contribution in [-0.2, 0) is 6.42 Å². The first-order chi connectivity index (χ1) is 7.25. The van der Waals surface area contributed by atoms with Gasteiger partial charge in [-0.2, -0.15) is 0 Å². The van der Waals surface area contributed by atoms with E-state index < -0.39 is 0 Å². The molecule has 0 N–H and O–H groups in total. The summed E-state index contributed by atoms with van der Waals surface area (Å²) < 4.78 is 5.17. The van der Waals surface area contributed by atoms with Gasteiger partial charge in [0.1, 0.15) is 0 Å². The molecular weight excluding hydrogens is 190 g/mol. The topological polar surface area (TPSA) is 42.2 Å². The van der Waals surface area contributed by atoms with Crippen LogP contribution in [0.3, 0.4) is 0 Å². The quantitative estimate of drug-likeness (QED) is 0.760. The van der Waals surface area contributed by atoms with E-state index in [9.17, 15) is 0 Å². The van der Waals surface area contributed by atoms with Crippen LogP contribution in [0.5, 0.6) is 0 Å². The number of hydrogen-bond donors (Lipinski definition) is 0. The summed E-state index contributed by atoms with van der Waals surface area (Å²) in [4.78, 5) is 2.53. The molecule has 0 spiro atoms. The highest BCUT2D eigenvalue weighted by Crippen LogP contribution is 2.21. The normalized spacial score (nSPS) is 19.9. The Labute approximate surface area is 90.7 Å². The Hall–Kier alpha value is -0.900. The molecule has 0 saturated carbocycles. The third-order valence-corrected chi connectivity index (χ3v) is 3.25. The van der Waals surface area contributed by atoms with E-state index in [2.05, 4.69) is 28.9 Å². The van der Waals surface area contributed by atoms with E-state index >= 15 is 0 Å². The lowest BCUT2D eigenvalue weighted by atomic mass is 9.93. The second-order valence-electron chi connectivity index (χ2n) is 4.61. The molecule has 4 nitrogen and oxygen atoms in total. The first kappa shape index (κ1) is 10.6. The zero-order valence-electron chi connectivity index (χ0n) is 9.52. The molecule has 2 heterocycles. The van der Waals surface area contributed by atoms with E-state index in [4.69, 9.17) is 4.42 Å². The van der Waals surface area contributed by atoms with E-state index in [1.807, 2.05) is 0 Å². The average Bonchev–Trinajstić information content (AvgIpc) is 2.71. The smallest absolute Gasteiger partial charge is 0.216 e. The molecule has 0 aliphatic carbocycles. The predicted octanol–water partition coefficient (Wildman–Crippen LogP) is 1.73. The standard InChI is InChI=1S/C11H19N3O/c1-9(2)14-5-3-10(4-6-14)7-11-13-12-8-15-11/h8-10H,3-7H2,1-2H3. The lowest BCUT2D eigenvalue weighted by Crippen LogP contribution is -2.38. The molecule has 0 atom stereocenters. The third-order valence-electron chi connectivity index (χ3n) is 3.25. The highest BCUT2D eigenvalue weighted by atomic mass is 16.4. The highest BCUT2D eigenvalue weighted by molar-refractivity contribution is 4.82. The van der Waals surface area contributed by atoms with Crippen LogP contribution in [0.2, 0.25) is 0 Å². The summed E-state index contributed by atoms with van der Waals surface area (Å²) in [5, 5.41) is 7.64. The van der Waals surface area contributed by atoms with E-state index in [1.54, 1.807) is 0 Å². The lowest BCUT2D eigenvalue weighted by molar-refractivity contribution is 0.146. The summed E-state index contributed by atoms with van der Waals surface area (Å²) in [6, 6.07) is 0.675. The first-order valence-electron chi connectivity index (χ1n) is 5.75. The summed E-state index contributed by atoms with van der Waals surface area (Å²) in [6.45, 7) is 6.93. The molecule has 0 amide bonds. The molecule has 1 aromatic heterocycles. The Balaban J connectivity index is 1.79. The number of rotatable bonds is 3. The molecule has 0 radical (unpaired) electrons. The zero-order valence-corrected chi connectivity index (χ0v) is 9.52. The monoisotopic (exact) mass is 209 g/mol. The highest BCUT2D eigenvalue weighted by Gasteiger charge is 2.22. The maximum Gasteiger partial charge on any atom is 0.216 e. The van der Waals surface area contributed by atoms with Gasteiger partial charge in [0.05, 0.1) is 0 Å². The third kappa shape index (κ3) is 2.78. The maximum atomic E-state index is 5.17. The van der Waals surface area contributed by atoms with E-state index in [0.29, 0.717) is 6.04 Å². The van der Waals surface area contributed by atoms with Crippen molar-refractivity contribution in [2.45, 2.75) is 39.2 Å². The van der Waals surface area contributed by atoms with Crippen molar-refractivity contribution in [1.29, 1.82) is 0 Å². The summed E-state index contributed by atoms with van der Waals surface area (Å²) >= 11 is 0. The van der Waals surface area contributed by atoms with E-state index in [-0.39, 0.29) is 0 Å². The molecule has 15 heavy (non-hydrogen) atoms. The molecular formula is C11H19N3O. The van der Waals surface area contributed by atoms with Crippen LogP contribution in [-0.4, -0.2) is 34.2 Å². The Bertz CT molecular complexity index is 276. The Morgan fingerprint density at radius 1 is 1.47 bits per heavy atom. The average molecular weight is 209 g/mol. The lowest BCUT2D eigenvalue weighted by Gasteiger charge is -2.34. The van der Waals surface area contributed by atoms with Crippen LogP contribution in [0, 0.1) is 5.92 Å². The SMILES string of the molecule is CC(C)N1CCC(Cc2nnco2)CC1. The molecule has 0 aromatic carbocycles. The van der Waals surface area contributed by atoms with Crippen molar-refractivity contribution in [3.8, 4) is 0 Å². The minimum Gasteiger partial charge on any atom is -0.428 e. The van der Waals surface area contributed by atoms with E-state index in [0.717, 1.165) is 18.2 Å². The van der Waals surface area contributed by atoms with Crippen LogP contribution in [0.1, 0.15) is 32.6 Å². The van der Waals surface area contributed by atoms with Gasteiger partial charge in [0.25, 0.3) is 0 Å². The predicted molar refractivity (Wildman–Crippen MR) is 57.4 cm³/mol. The number of hydrogen-bond acceptors (Lipinski definition) is 4. The molecule has 0 unspecified atom stereocenters. The van der Waals surface area contributed by atoms with Gasteiger partial charge in [-0.25, -0.2) is 0 Å². The van der Waals surface area contributed by atoms with Crippen molar-refractivity contribution in [1.82, 2.24) is 15.1 Å². The minimum atomic E-state index is 0.675. The molecule has 0 bridgehead atoms. The molecule has 1 aliphatic rings. The maximum absolute atomic E-state index is 5.17. The van der Waals surface area contributed by atoms with Gasteiger partial charge in [0.2, 0.25) is 12.3 Å². The summed E-state index contributed by atoms with van der Waals surface area (Å²) in [6.07, 6.45) is 4.87. The Morgan fingerprint density at radius 3 is 2.73 bits per heavy atom. The fourth-order valence-electron chi connectivity index (χ4n) is 2.21. The van der Waals surface area contributed by atoms with Crippen LogP contribution in [0.4, 0.5) is 0 Å². The molecule has 1 aromatic rings. The molecule has 1 aliphatic heterocycles. The minimum absolute atomic E-state index is 0.675. The van der Waals surface area contributed by atoms with Gasteiger partial charge in [-0.15, -0.1) is 10.2 Å². The number of likely N-dealkylation sites (tertiary alicyclic amines) is 1. The second-order valence-corrected chi connectivity index (χ2v) is 4.61.